The summed E-state index contributed by atoms with van der Waals surface area (Å²) in [5, 5.41) is 27.2. The normalized spacial score (nSPS) is 17.5. The van der Waals surface area contributed by atoms with E-state index in [1.165, 1.54) is 19.1 Å². The van der Waals surface area contributed by atoms with Gasteiger partial charge in [-0.1, -0.05) is 42.2 Å². The van der Waals surface area contributed by atoms with E-state index in [0.717, 1.165) is 16.7 Å². The highest BCUT2D eigenvalue weighted by Crippen LogP contribution is 2.36. The molecular formula is C17H15NO8S2. The summed E-state index contributed by atoms with van der Waals surface area (Å²) in [6.07, 6.45) is -0.538. The number of thioether (sulfide) groups is 1. The van der Waals surface area contributed by atoms with Gasteiger partial charge >= 0.3 is 17.9 Å². The van der Waals surface area contributed by atoms with E-state index in [1.807, 2.05) is 0 Å². The predicted octanol–water partition coefficient (Wildman–Crippen LogP) is 1.67. The first-order chi connectivity index (χ1) is 13.1. The number of hydrogen-bond acceptors (Lipinski definition) is 7. The molecule has 0 bridgehead atoms. The number of carbonyl (C=O) groups excluding carboxylic acids is 1. The van der Waals surface area contributed by atoms with Crippen molar-refractivity contribution in [2.75, 3.05) is 0 Å². The number of thiocarbonyl (C=S) groups is 1. The number of ether oxygens (including phenoxy) is 1. The summed E-state index contributed by atoms with van der Waals surface area (Å²) in [5.41, 5.74) is 0.390. The number of carboxylic acids is 3. The van der Waals surface area contributed by atoms with E-state index in [2.05, 4.69) is 0 Å². The first kappa shape index (κ1) is 21.4. The average molecular weight is 425 g/mol. The molecule has 0 saturated carbocycles. The predicted molar refractivity (Wildman–Crippen MR) is 103 cm³/mol. The molecule has 0 spiro atoms. The van der Waals surface area contributed by atoms with Crippen LogP contribution in [0, 0.1) is 0 Å². The van der Waals surface area contributed by atoms with Gasteiger partial charge in [-0.25, -0.2) is 9.59 Å². The fourth-order valence-electron chi connectivity index (χ4n) is 2.29. The highest BCUT2D eigenvalue weighted by Gasteiger charge is 2.41. The fourth-order valence-corrected chi connectivity index (χ4v) is 3.64. The van der Waals surface area contributed by atoms with Crippen molar-refractivity contribution in [1.82, 2.24) is 4.90 Å². The van der Waals surface area contributed by atoms with Crippen molar-refractivity contribution in [2.45, 2.75) is 25.5 Å². The van der Waals surface area contributed by atoms with Gasteiger partial charge in [-0.05, 0) is 19.1 Å². The Morgan fingerprint density at radius 2 is 1.86 bits per heavy atom. The van der Waals surface area contributed by atoms with Crippen molar-refractivity contribution >= 4 is 58.2 Å². The molecule has 1 aliphatic heterocycles. The number of para-hydroxylation sites is 1. The van der Waals surface area contributed by atoms with Crippen LogP contribution >= 0.6 is 24.0 Å². The molecule has 0 aliphatic carbocycles. The van der Waals surface area contributed by atoms with Crippen LogP contribution in [0.4, 0.5) is 0 Å². The summed E-state index contributed by atoms with van der Waals surface area (Å²) >= 11 is 5.88. The van der Waals surface area contributed by atoms with Gasteiger partial charge in [-0.15, -0.1) is 0 Å². The zero-order chi connectivity index (χ0) is 21.0. The highest BCUT2D eigenvalue weighted by molar-refractivity contribution is 8.26. The van der Waals surface area contributed by atoms with E-state index in [9.17, 15) is 24.3 Å². The number of amides is 1. The van der Waals surface area contributed by atoms with Crippen LogP contribution in [-0.4, -0.2) is 60.5 Å². The van der Waals surface area contributed by atoms with E-state index >= 15 is 0 Å². The molecule has 9 nitrogen and oxygen atoms in total. The van der Waals surface area contributed by atoms with Gasteiger partial charge in [0.1, 0.15) is 16.1 Å². The Morgan fingerprint density at radius 3 is 2.43 bits per heavy atom. The number of carboxylic acid groups (broad SMARTS) is 3. The Labute approximate surface area is 168 Å². The molecule has 11 heteroatoms. The number of aliphatic carboxylic acids is 3. The van der Waals surface area contributed by atoms with Gasteiger partial charge in [0.2, 0.25) is 0 Å². The molecular weight excluding hydrogens is 410 g/mol. The third-order valence-corrected chi connectivity index (χ3v) is 4.98. The van der Waals surface area contributed by atoms with Gasteiger partial charge in [0.05, 0.1) is 11.3 Å². The second kappa shape index (κ2) is 8.85. The smallest absolute Gasteiger partial charge is 0.344 e. The summed E-state index contributed by atoms with van der Waals surface area (Å²) in [6.45, 7) is 1.35. The topological polar surface area (TPSA) is 141 Å². The standard InChI is InChI=1S/C17H15NO8S2/c1-8(15(22)23)26-11-5-3-2-4-9(11)6-12-14(21)18(17(27)28-12)10(16(24)25)7-13(19)20/h2-6,8,10H,7H2,1H3,(H,19,20)(H,22,23)(H,24,25)/b12-6-. The molecule has 1 saturated heterocycles. The first-order valence-corrected chi connectivity index (χ1v) is 9.04. The second-order valence-corrected chi connectivity index (χ2v) is 7.32. The molecule has 28 heavy (non-hydrogen) atoms. The molecule has 0 aromatic heterocycles. The summed E-state index contributed by atoms with van der Waals surface area (Å²) in [6, 6.07) is 4.75. The maximum Gasteiger partial charge on any atom is 0.344 e. The molecule has 1 fully saturated rings. The minimum atomic E-state index is -1.63. The van der Waals surface area contributed by atoms with Crippen LogP contribution in [0.3, 0.4) is 0 Å². The SMILES string of the molecule is CC(Oc1ccccc1/C=C1\SC(=S)N(C(CC(=O)O)C(=O)O)C1=O)C(=O)O. The number of nitrogens with zero attached hydrogens (tertiary/aromatic N) is 1. The number of carbonyl (C=O) groups is 4. The molecule has 1 aromatic carbocycles. The van der Waals surface area contributed by atoms with Gasteiger partial charge in [0.15, 0.2) is 6.10 Å². The Morgan fingerprint density at radius 1 is 1.21 bits per heavy atom. The van der Waals surface area contributed by atoms with Crippen molar-refractivity contribution in [3.63, 3.8) is 0 Å². The average Bonchev–Trinajstić information content (AvgIpc) is 2.87. The monoisotopic (exact) mass is 425 g/mol. The lowest BCUT2D eigenvalue weighted by atomic mass is 10.1. The molecule has 2 rings (SSSR count). The lowest BCUT2D eigenvalue weighted by Crippen LogP contribution is -2.45. The van der Waals surface area contributed by atoms with Gasteiger partial charge in [-0.3, -0.25) is 14.5 Å². The molecule has 0 radical (unpaired) electrons. The molecule has 1 heterocycles. The lowest BCUT2D eigenvalue weighted by molar-refractivity contribution is -0.150. The van der Waals surface area contributed by atoms with Crippen molar-refractivity contribution in [1.29, 1.82) is 0 Å². The zero-order valence-corrected chi connectivity index (χ0v) is 16.0. The minimum Gasteiger partial charge on any atom is -0.481 e. The van der Waals surface area contributed by atoms with Crippen molar-refractivity contribution in [3.8, 4) is 5.75 Å². The quantitative estimate of drug-likeness (QED) is 0.416. The van der Waals surface area contributed by atoms with Crippen LogP contribution in [0.15, 0.2) is 29.2 Å². The van der Waals surface area contributed by atoms with Crippen LogP contribution in [0.5, 0.6) is 5.75 Å². The van der Waals surface area contributed by atoms with E-state index < -0.39 is 42.4 Å². The van der Waals surface area contributed by atoms with Gasteiger partial charge in [0.25, 0.3) is 5.91 Å². The minimum absolute atomic E-state index is 0.0701. The molecule has 1 amide bonds. The van der Waals surface area contributed by atoms with Gasteiger partial charge in [-0.2, -0.15) is 0 Å². The Bertz CT molecular complexity index is 882. The highest BCUT2D eigenvalue weighted by atomic mass is 32.2. The summed E-state index contributed by atoms with van der Waals surface area (Å²) in [7, 11) is 0. The molecule has 2 atom stereocenters. The maximum absolute atomic E-state index is 12.6. The van der Waals surface area contributed by atoms with E-state index in [0.29, 0.717) is 5.56 Å². The summed E-state index contributed by atoms with van der Waals surface area (Å²) in [4.78, 5) is 46.8. The summed E-state index contributed by atoms with van der Waals surface area (Å²) < 4.78 is 5.28. The van der Waals surface area contributed by atoms with Crippen LogP contribution in [-0.2, 0) is 19.2 Å². The zero-order valence-electron chi connectivity index (χ0n) is 14.4. The van der Waals surface area contributed by atoms with Crippen LogP contribution in [0.25, 0.3) is 6.08 Å². The third kappa shape index (κ3) is 4.87. The first-order valence-electron chi connectivity index (χ1n) is 7.82. The van der Waals surface area contributed by atoms with E-state index in [1.54, 1.807) is 18.2 Å². The Hall–Kier alpha value is -2.92. The fraction of sp³-hybridized carbons (Fsp3) is 0.235. The lowest BCUT2D eigenvalue weighted by Gasteiger charge is -2.21. The van der Waals surface area contributed by atoms with E-state index in [4.69, 9.17) is 27.2 Å². The summed E-state index contributed by atoms with van der Waals surface area (Å²) in [5.74, 6) is -4.57. The van der Waals surface area contributed by atoms with Crippen LogP contribution in [0.1, 0.15) is 18.9 Å². The molecule has 1 aromatic rings. The van der Waals surface area contributed by atoms with Gasteiger partial charge in [0, 0.05) is 5.56 Å². The van der Waals surface area contributed by atoms with Crippen molar-refractivity contribution < 1.29 is 39.2 Å². The largest absolute Gasteiger partial charge is 0.481 e. The van der Waals surface area contributed by atoms with Gasteiger partial charge < -0.3 is 20.1 Å². The maximum atomic E-state index is 12.6. The van der Waals surface area contributed by atoms with Crippen molar-refractivity contribution in [2.24, 2.45) is 0 Å². The molecule has 3 N–H and O–H groups in total. The third-order valence-electron chi connectivity index (χ3n) is 3.65. The van der Waals surface area contributed by atoms with Crippen molar-refractivity contribution in [3.05, 3.63) is 34.7 Å². The van der Waals surface area contributed by atoms with Crippen LogP contribution < -0.4 is 4.74 Å². The number of rotatable bonds is 8. The number of benzene rings is 1. The molecule has 148 valence electrons. The molecule has 2 unspecified atom stereocenters. The molecule has 1 aliphatic rings. The second-order valence-electron chi connectivity index (χ2n) is 5.64. The Kier molecular flexibility index (Phi) is 6.75. The van der Waals surface area contributed by atoms with E-state index in [-0.39, 0.29) is 15.0 Å². The number of hydrogen-bond donors (Lipinski definition) is 3. The van der Waals surface area contributed by atoms with Crippen LogP contribution in [0.2, 0.25) is 0 Å². The Balaban J connectivity index is 2.35.